The van der Waals surface area contributed by atoms with Gasteiger partial charge in [0.2, 0.25) is 5.91 Å². The van der Waals surface area contributed by atoms with E-state index in [0.29, 0.717) is 44.8 Å². The lowest BCUT2D eigenvalue weighted by molar-refractivity contribution is -0.114. The highest BCUT2D eigenvalue weighted by molar-refractivity contribution is 8.00. The SMILES string of the molecule is COc1ccc(OC)c(/C=C(/NC(=O)c2ccccc2)C(=O)Nc2cccc(SCC(=O)Nc3cc(C)c(Cl)cc3OC)c2)c1. The van der Waals surface area contributed by atoms with Crippen molar-refractivity contribution in [2.45, 2.75) is 11.8 Å². The fraction of sp³-hybridized carbons (Fsp3) is 0.147. The van der Waals surface area contributed by atoms with Crippen molar-refractivity contribution in [2.75, 3.05) is 37.7 Å². The van der Waals surface area contributed by atoms with Gasteiger partial charge in [0.15, 0.2) is 0 Å². The van der Waals surface area contributed by atoms with E-state index in [1.807, 2.05) is 13.0 Å². The molecule has 0 aromatic heterocycles. The average Bonchev–Trinajstić information content (AvgIpc) is 3.05. The monoisotopic (exact) mass is 645 g/mol. The lowest BCUT2D eigenvalue weighted by atomic mass is 10.1. The van der Waals surface area contributed by atoms with Crippen LogP contribution in [0.2, 0.25) is 5.02 Å². The van der Waals surface area contributed by atoms with Crippen LogP contribution in [-0.2, 0) is 9.59 Å². The first-order valence-corrected chi connectivity index (χ1v) is 15.1. The summed E-state index contributed by atoms with van der Waals surface area (Å²) in [6.07, 6.45) is 1.52. The number of hydrogen-bond donors (Lipinski definition) is 3. The topological polar surface area (TPSA) is 115 Å². The van der Waals surface area contributed by atoms with Gasteiger partial charge < -0.3 is 30.2 Å². The van der Waals surface area contributed by atoms with Gasteiger partial charge in [-0.05, 0) is 73.2 Å². The Morgan fingerprint density at radius 2 is 1.58 bits per heavy atom. The maximum atomic E-state index is 13.6. The molecule has 3 N–H and O–H groups in total. The summed E-state index contributed by atoms with van der Waals surface area (Å²) in [5, 5.41) is 8.96. The van der Waals surface area contributed by atoms with E-state index >= 15 is 0 Å². The van der Waals surface area contributed by atoms with Crippen LogP contribution < -0.4 is 30.2 Å². The predicted octanol–water partition coefficient (Wildman–Crippen LogP) is 6.81. The Hall–Kier alpha value is -4.93. The fourth-order valence-electron chi connectivity index (χ4n) is 4.18. The van der Waals surface area contributed by atoms with Crippen molar-refractivity contribution >= 4 is 58.5 Å². The molecule has 0 saturated heterocycles. The Morgan fingerprint density at radius 1 is 0.822 bits per heavy atom. The minimum absolute atomic E-state index is 0.0138. The largest absolute Gasteiger partial charge is 0.497 e. The maximum Gasteiger partial charge on any atom is 0.272 e. The molecule has 0 bridgehead atoms. The zero-order valence-electron chi connectivity index (χ0n) is 25.1. The summed E-state index contributed by atoms with van der Waals surface area (Å²) in [5.41, 5.74) is 2.70. The van der Waals surface area contributed by atoms with Gasteiger partial charge in [0.05, 0.1) is 32.8 Å². The zero-order valence-corrected chi connectivity index (χ0v) is 26.7. The number of carbonyl (C=O) groups excluding carboxylic acids is 3. The molecule has 0 aliphatic rings. The lowest BCUT2D eigenvalue weighted by Gasteiger charge is -2.14. The van der Waals surface area contributed by atoms with Gasteiger partial charge in [0.1, 0.15) is 22.9 Å². The van der Waals surface area contributed by atoms with Crippen molar-refractivity contribution in [1.82, 2.24) is 5.32 Å². The van der Waals surface area contributed by atoms with Gasteiger partial charge in [-0.2, -0.15) is 0 Å². The van der Waals surface area contributed by atoms with Crippen LogP contribution in [-0.4, -0.2) is 44.8 Å². The molecule has 0 aliphatic heterocycles. The first-order valence-electron chi connectivity index (χ1n) is 13.7. The Balaban J connectivity index is 1.51. The number of rotatable bonds is 12. The van der Waals surface area contributed by atoms with Crippen molar-refractivity contribution in [3.63, 3.8) is 0 Å². The molecule has 45 heavy (non-hydrogen) atoms. The Labute approximate surface area is 270 Å². The third kappa shape index (κ3) is 9.04. The second kappa shape index (κ2) is 15.7. The third-order valence-electron chi connectivity index (χ3n) is 6.48. The number of ether oxygens (including phenoxy) is 3. The van der Waals surface area contributed by atoms with E-state index in [2.05, 4.69) is 16.0 Å². The number of methoxy groups -OCH3 is 3. The number of aryl methyl sites for hydroxylation is 1. The number of halogens is 1. The molecule has 0 radical (unpaired) electrons. The highest BCUT2D eigenvalue weighted by atomic mass is 35.5. The number of carbonyl (C=O) groups is 3. The van der Waals surface area contributed by atoms with Crippen molar-refractivity contribution in [1.29, 1.82) is 0 Å². The second-order valence-electron chi connectivity index (χ2n) is 9.61. The molecular formula is C34H32ClN3O6S. The van der Waals surface area contributed by atoms with E-state index in [1.54, 1.807) is 78.9 Å². The number of amides is 3. The smallest absolute Gasteiger partial charge is 0.272 e. The molecular weight excluding hydrogens is 614 g/mol. The molecule has 0 spiro atoms. The predicted molar refractivity (Wildman–Crippen MR) is 179 cm³/mol. The molecule has 0 fully saturated rings. The van der Waals surface area contributed by atoms with Crippen LogP contribution in [0.3, 0.4) is 0 Å². The van der Waals surface area contributed by atoms with Crippen LogP contribution in [0.1, 0.15) is 21.5 Å². The fourth-order valence-corrected chi connectivity index (χ4v) is 5.09. The van der Waals surface area contributed by atoms with E-state index in [0.717, 1.165) is 10.5 Å². The van der Waals surface area contributed by atoms with Crippen LogP contribution in [0.15, 0.2) is 95.5 Å². The van der Waals surface area contributed by atoms with Crippen molar-refractivity contribution in [2.24, 2.45) is 0 Å². The summed E-state index contributed by atoms with van der Waals surface area (Å²) in [5.74, 6) is 0.346. The minimum Gasteiger partial charge on any atom is -0.497 e. The number of hydrogen-bond acceptors (Lipinski definition) is 7. The average molecular weight is 646 g/mol. The zero-order chi connectivity index (χ0) is 32.3. The van der Waals surface area contributed by atoms with Gasteiger partial charge in [-0.15, -0.1) is 11.8 Å². The molecule has 4 aromatic rings. The molecule has 0 atom stereocenters. The first kappa shape index (κ1) is 33.0. The summed E-state index contributed by atoms with van der Waals surface area (Å²) < 4.78 is 16.1. The number of benzene rings is 4. The standard InChI is InChI=1S/C34H32ClN3O6S/c1-21-15-28(31(44-4)19-27(21)35)37-32(39)20-45-26-12-8-11-24(18-26)36-34(41)29(38-33(40)22-9-6-5-7-10-22)17-23-16-25(42-2)13-14-30(23)43-3/h5-19H,20H2,1-4H3,(H,36,41)(H,37,39)(H,38,40)/b29-17+. The Morgan fingerprint density at radius 3 is 2.29 bits per heavy atom. The van der Waals surface area contributed by atoms with E-state index in [1.165, 1.54) is 39.2 Å². The Bertz CT molecular complexity index is 1730. The van der Waals surface area contributed by atoms with E-state index in [-0.39, 0.29) is 17.4 Å². The molecule has 0 unspecified atom stereocenters. The van der Waals surface area contributed by atoms with Gasteiger partial charge in [-0.25, -0.2) is 0 Å². The van der Waals surface area contributed by atoms with Gasteiger partial charge in [-0.1, -0.05) is 35.9 Å². The molecule has 0 aliphatic carbocycles. The van der Waals surface area contributed by atoms with Gasteiger partial charge >= 0.3 is 0 Å². The first-order chi connectivity index (χ1) is 21.7. The normalized spacial score (nSPS) is 10.9. The summed E-state index contributed by atoms with van der Waals surface area (Å²) in [6.45, 7) is 1.84. The summed E-state index contributed by atoms with van der Waals surface area (Å²) in [7, 11) is 4.55. The summed E-state index contributed by atoms with van der Waals surface area (Å²) >= 11 is 7.46. The second-order valence-corrected chi connectivity index (χ2v) is 11.1. The van der Waals surface area contributed by atoms with Crippen LogP contribution in [0.25, 0.3) is 6.08 Å². The van der Waals surface area contributed by atoms with Crippen LogP contribution in [0.4, 0.5) is 11.4 Å². The summed E-state index contributed by atoms with van der Waals surface area (Å²) in [4.78, 5) is 40.1. The maximum absolute atomic E-state index is 13.6. The molecule has 4 aromatic carbocycles. The molecule has 232 valence electrons. The quantitative estimate of drug-likeness (QED) is 0.114. The number of anilines is 2. The molecule has 0 heterocycles. The molecule has 11 heteroatoms. The summed E-state index contributed by atoms with van der Waals surface area (Å²) in [6, 6.07) is 24.2. The number of thioether (sulfide) groups is 1. The Kier molecular flexibility index (Phi) is 11.5. The van der Waals surface area contributed by atoms with Crippen LogP contribution in [0, 0.1) is 6.92 Å². The van der Waals surface area contributed by atoms with E-state index < -0.39 is 11.8 Å². The van der Waals surface area contributed by atoms with E-state index in [9.17, 15) is 14.4 Å². The van der Waals surface area contributed by atoms with Crippen LogP contribution >= 0.6 is 23.4 Å². The molecule has 4 rings (SSSR count). The van der Waals surface area contributed by atoms with E-state index in [4.69, 9.17) is 25.8 Å². The van der Waals surface area contributed by atoms with Gasteiger partial charge in [-0.3, -0.25) is 14.4 Å². The van der Waals surface area contributed by atoms with Crippen molar-refractivity contribution in [3.8, 4) is 17.2 Å². The minimum atomic E-state index is -0.561. The van der Waals surface area contributed by atoms with Crippen molar-refractivity contribution < 1.29 is 28.6 Å². The highest BCUT2D eigenvalue weighted by Crippen LogP contribution is 2.31. The lowest BCUT2D eigenvalue weighted by Crippen LogP contribution is -2.30. The van der Waals surface area contributed by atoms with Gasteiger partial charge in [0.25, 0.3) is 11.8 Å². The molecule has 3 amide bonds. The van der Waals surface area contributed by atoms with Gasteiger partial charge in [0, 0.05) is 32.8 Å². The van der Waals surface area contributed by atoms with Crippen molar-refractivity contribution in [3.05, 3.63) is 112 Å². The van der Waals surface area contributed by atoms with Crippen LogP contribution in [0.5, 0.6) is 17.2 Å². The third-order valence-corrected chi connectivity index (χ3v) is 7.88. The molecule has 0 saturated carbocycles. The molecule has 9 nitrogen and oxygen atoms in total. The highest BCUT2D eigenvalue weighted by Gasteiger charge is 2.17. The number of nitrogens with one attached hydrogen (secondary N) is 3.